The molecule has 2 rings (SSSR count). The Morgan fingerprint density at radius 3 is 2.36 bits per heavy atom. The van der Waals surface area contributed by atoms with Crippen LogP contribution in [0, 0.1) is 5.41 Å². The van der Waals surface area contributed by atoms with E-state index in [0.29, 0.717) is 0 Å². The van der Waals surface area contributed by atoms with Crippen LogP contribution in [0.1, 0.15) is 12.0 Å². The van der Waals surface area contributed by atoms with Crippen molar-refractivity contribution in [1.29, 1.82) is 0 Å². The molecule has 0 bridgehead atoms. The van der Waals surface area contributed by atoms with Gasteiger partial charge in [0.1, 0.15) is 4.99 Å². The molecule has 0 amide bonds. The lowest BCUT2D eigenvalue weighted by atomic mass is 9.85. The summed E-state index contributed by atoms with van der Waals surface area (Å²) in [7, 11) is 2.45. The van der Waals surface area contributed by atoms with Gasteiger partial charge in [-0.3, -0.25) is 9.59 Å². The van der Waals surface area contributed by atoms with Gasteiger partial charge in [0.15, 0.2) is 0 Å². The monoisotopic (exact) mass is 319 g/mol. The molecule has 1 aromatic carbocycles. The SMILES string of the molecule is COC(=O)C1(C(=O)OC)CC(/C=C/c2ccccc2)NC1=S. The highest BCUT2D eigenvalue weighted by Gasteiger charge is 2.57. The molecule has 1 heterocycles. The van der Waals surface area contributed by atoms with Gasteiger partial charge in [-0.25, -0.2) is 0 Å². The average Bonchev–Trinajstić information content (AvgIpc) is 2.90. The van der Waals surface area contributed by atoms with Gasteiger partial charge in [-0.1, -0.05) is 54.7 Å². The molecule has 1 unspecified atom stereocenters. The van der Waals surface area contributed by atoms with Crippen molar-refractivity contribution < 1.29 is 19.1 Å². The molecule has 0 radical (unpaired) electrons. The maximum absolute atomic E-state index is 12.1. The van der Waals surface area contributed by atoms with Crippen molar-refractivity contribution in [1.82, 2.24) is 5.32 Å². The van der Waals surface area contributed by atoms with Crippen LogP contribution in [0.25, 0.3) is 6.08 Å². The second-order valence-corrected chi connectivity index (χ2v) is 5.35. The lowest BCUT2D eigenvalue weighted by Crippen LogP contribution is -2.46. The molecular weight excluding hydrogens is 302 g/mol. The van der Waals surface area contributed by atoms with E-state index in [1.165, 1.54) is 14.2 Å². The van der Waals surface area contributed by atoms with Crippen molar-refractivity contribution in [2.24, 2.45) is 5.41 Å². The van der Waals surface area contributed by atoms with Crippen LogP contribution in [0.5, 0.6) is 0 Å². The molecule has 1 fully saturated rings. The number of methoxy groups -OCH3 is 2. The third kappa shape index (κ3) is 2.87. The first-order valence-electron chi connectivity index (χ1n) is 6.75. The summed E-state index contributed by atoms with van der Waals surface area (Å²) in [6.45, 7) is 0. The molecule has 1 aromatic rings. The Kier molecular flexibility index (Phi) is 4.92. The van der Waals surface area contributed by atoms with Gasteiger partial charge in [-0.15, -0.1) is 0 Å². The van der Waals surface area contributed by atoms with Gasteiger partial charge in [0, 0.05) is 12.5 Å². The lowest BCUT2D eigenvalue weighted by Gasteiger charge is -2.21. The first kappa shape index (κ1) is 16.2. The fraction of sp³-hybridized carbons (Fsp3) is 0.312. The van der Waals surface area contributed by atoms with E-state index in [9.17, 15) is 9.59 Å². The van der Waals surface area contributed by atoms with Crippen LogP contribution in [-0.4, -0.2) is 37.2 Å². The molecule has 1 aliphatic rings. The Morgan fingerprint density at radius 2 is 1.82 bits per heavy atom. The summed E-state index contributed by atoms with van der Waals surface area (Å²) in [5, 5.41) is 2.99. The molecular formula is C16H17NO4S. The minimum Gasteiger partial charge on any atom is -0.468 e. The van der Waals surface area contributed by atoms with Crippen molar-refractivity contribution in [3.63, 3.8) is 0 Å². The van der Waals surface area contributed by atoms with Crippen molar-refractivity contribution in [3.05, 3.63) is 42.0 Å². The number of rotatable bonds is 4. The number of carbonyl (C=O) groups excluding carboxylic acids is 2. The van der Waals surface area contributed by atoms with Crippen molar-refractivity contribution >= 4 is 35.2 Å². The van der Waals surface area contributed by atoms with Crippen LogP contribution in [-0.2, 0) is 19.1 Å². The summed E-state index contributed by atoms with van der Waals surface area (Å²) in [5.41, 5.74) is -0.547. The smallest absolute Gasteiger partial charge is 0.330 e. The first-order chi connectivity index (χ1) is 10.5. The average molecular weight is 319 g/mol. The molecule has 0 aromatic heterocycles. The van der Waals surface area contributed by atoms with E-state index in [4.69, 9.17) is 21.7 Å². The van der Waals surface area contributed by atoms with Crippen molar-refractivity contribution in [2.45, 2.75) is 12.5 Å². The van der Waals surface area contributed by atoms with Gasteiger partial charge in [0.25, 0.3) is 0 Å². The summed E-state index contributed by atoms with van der Waals surface area (Å²) in [6, 6.07) is 9.46. The summed E-state index contributed by atoms with van der Waals surface area (Å²) >= 11 is 5.20. The van der Waals surface area contributed by atoms with Crippen molar-refractivity contribution in [2.75, 3.05) is 14.2 Å². The van der Waals surface area contributed by atoms with Crippen LogP contribution in [0.15, 0.2) is 36.4 Å². The minimum atomic E-state index is -1.56. The van der Waals surface area contributed by atoms with Gasteiger partial charge in [-0.2, -0.15) is 0 Å². The Morgan fingerprint density at radius 1 is 1.23 bits per heavy atom. The first-order valence-corrected chi connectivity index (χ1v) is 7.16. The molecule has 1 N–H and O–H groups in total. The minimum absolute atomic E-state index is 0.133. The predicted octanol–water partition coefficient (Wildman–Crippen LogP) is 1.72. The third-order valence-electron chi connectivity index (χ3n) is 3.62. The molecule has 0 aliphatic carbocycles. The highest BCUT2D eigenvalue weighted by molar-refractivity contribution is 7.80. The number of hydrogen-bond donors (Lipinski definition) is 1. The zero-order valence-corrected chi connectivity index (χ0v) is 13.2. The molecule has 22 heavy (non-hydrogen) atoms. The Hall–Kier alpha value is -2.21. The highest BCUT2D eigenvalue weighted by Crippen LogP contribution is 2.35. The van der Waals surface area contributed by atoms with Crippen LogP contribution >= 0.6 is 12.2 Å². The van der Waals surface area contributed by atoms with Gasteiger partial charge >= 0.3 is 11.9 Å². The van der Waals surface area contributed by atoms with Gasteiger partial charge < -0.3 is 14.8 Å². The topological polar surface area (TPSA) is 64.6 Å². The van der Waals surface area contributed by atoms with Crippen LogP contribution in [0.4, 0.5) is 0 Å². The fourth-order valence-corrected chi connectivity index (χ4v) is 2.86. The molecule has 0 spiro atoms. The normalized spacial score (nSPS) is 19.7. The van der Waals surface area contributed by atoms with E-state index in [2.05, 4.69) is 5.32 Å². The second-order valence-electron chi connectivity index (χ2n) is 4.94. The predicted molar refractivity (Wildman–Crippen MR) is 86.1 cm³/mol. The number of benzene rings is 1. The number of carbonyl (C=O) groups is 2. The number of ether oxygens (including phenoxy) is 2. The summed E-state index contributed by atoms with van der Waals surface area (Å²) < 4.78 is 9.50. The molecule has 1 saturated heterocycles. The molecule has 1 atom stereocenters. The van der Waals surface area contributed by atoms with Gasteiger partial charge in [0.2, 0.25) is 5.41 Å². The highest BCUT2D eigenvalue weighted by atomic mass is 32.1. The lowest BCUT2D eigenvalue weighted by molar-refractivity contribution is -0.163. The van der Waals surface area contributed by atoms with E-state index >= 15 is 0 Å². The van der Waals surface area contributed by atoms with E-state index in [1.807, 2.05) is 42.5 Å². The number of nitrogens with one attached hydrogen (secondary N) is 1. The van der Waals surface area contributed by atoms with Crippen molar-refractivity contribution in [3.8, 4) is 0 Å². The van der Waals surface area contributed by atoms with E-state index in [-0.39, 0.29) is 17.5 Å². The van der Waals surface area contributed by atoms with Gasteiger partial charge in [-0.05, 0) is 5.56 Å². The third-order valence-corrected chi connectivity index (χ3v) is 4.08. The molecule has 1 aliphatic heterocycles. The van der Waals surface area contributed by atoms with Crippen LogP contribution in [0.3, 0.4) is 0 Å². The second kappa shape index (κ2) is 6.70. The Balaban J connectivity index is 2.23. The van der Waals surface area contributed by atoms with Crippen LogP contribution < -0.4 is 5.32 Å². The van der Waals surface area contributed by atoms with E-state index < -0.39 is 17.4 Å². The molecule has 6 heteroatoms. The maximum atomic E-state index is 12.1. The fourth-order valence-electron chi connectivity index (χ4n) is 2.46. The zero-order valence-electron chi connectivity index (χ0n) is 12.4. The number of esters is 2. The maximum Gasteiger partial charge on any atom is 0.330 e. The van der Waals surface area contributed by atoms with E-state index in [0.717, 1.165) is 5.56 Å². The summed E-state index contributed by atoms with van der Waals surface area (Å²) in [6.07, 6.45) is 3.95. The Bertz CT molecular complexity index is 596. The van der Waals surface area contributed by atoms with Crippen LogP contribution in [0.2, 0.25) is 0 Å². The standard InChI is InChI=1S/C16H17NO4S/c1-20-14(18)16(15(19)21-2)10-12(17-13(16)22)9-8-11-6-4-3-5-7-11/h3-9,12H,10H2,1-2H3,(H,17,22)/b9-8+. The molecule has 116 valence electrons. The Labute approximate surface area is 134 Å². The molecule has 5 nitrogen and oxygen atoms in total. The zero-order chi connectivity index (χ0) is 16.2. The summed E-state index contributed by atoms with van der Waals surface area (Å²) in [4.78, 5) is 24.3. The van der Waals surface area contributed by atoms with E-state index in [1.54, 1.807) is 0 Å². The molecule has 0 saturated carbocycles. The quantitative estimate of drug-likeness (QED) is 0.518. The summed E-state index contributed by atoms with van der Waals surface area (Å²) in [5.74, 6) is -1.40. The number of thiocarbonyl (C=S) groups is 1. The largest absolute Gasteiger partial charge is 0.468 e. The number of hydrogen-bond acceptors (Lipinski definition) is 5. The van der Waals surface area contributed by atoms with Gasteiger partial charge in [0.05, 0.1) is 14.2 Å².